The lowest BCUT2D eigenvalue weighted by Crippen LogP contribution is -2.60. The van der Waals surface area contributed by atoms with Crippen molar-refractivity contribution in [2.75, 3.05) is 0 Å². The monoisotopic (exact) mass is 617 g/mol. The molecule has 6 atom stereocenters. The first-order valence-corrected chi connectivity index (χ1v) is 15.0. The number of hydrogen-bond acceptors (Lipinski definition) is 9. The highest BCUT2D eigenvalue weighted by Gasteiger charge is 2.35. The van der Waals surface area contributed by atoms with Crippen molar-refractivity contribution in [3.63, 3.8) is 0 Å². The number of amides is 2. The number of nitrogens with one attached hydrogen (secondary N) is 4. The Labute approximate surface area is 259 Å². The first-order valence-electron chi connectivity index (χ1n) is 15.0. The maximum absolute atomic E-state index is 14.3. The summed E-state index contributed by atoms with van der Waals surface area (Å²) in [7, 11) is 0. The summed E-state index contributed by atoms with van der Waals surface area (Å²) in [4.78, 5) is 56.3. The topological polar surface area (TPSA) is 219 Å². The van der Waals surface area contributed by atoms with Crippen molar-refractivity contribution in [2.24, 2.45) is 5.73 Å². The van der Waals surface area contributed by atoms with Crippen molar-refractivity contribution in [3.05, 3.63) is 70.8 Å². The predicted octanol–water partition coefficient (Wildman–Crippen LogP) is 0.507. The lowest BCUT2D eigenvalue weighted by Gasteiger charge is -2.27. The van der Waals surface area contributed by atoms with Gasteiger partial charge in [-0.05, 0) is 88.9 Å². The lowest BCUT2D eigenvalue weighted by atomic mass is 9.97. The fourth-order valence-electron chi connectivity index (χ4n) is 5.46. The summed E-state index contributed by atoms with van der Waals surface area (Å²) in [5.41, 5.74) is 11.9. The summed E-state index contributed by atoms with van der Waals surface area (Å²) in [6.45, 7) is 3.96. The molecular weight excluding hydrogens is 578 g/mol. The molecule has 9 N–H and O–H groups in total. The van der Waals surface area contributed by atoms with Crippen molar-refractivity contribution >= 4 is 39.7 Å². The molecule has 238 valence electrons. The third kappa shape index (κ3) is 7.28. The van der Waals surface area contributed by atoms with Gasteiger partial charge in [0, 0.05) is 33.6 Å². The minimum Gasteiger partial charge on any atom is -0.391 e. The molecule has 2 amide bonds. The quantitative estimate of drug-likeness (QED) is 0.157. The number of aromatic amines is 2. The van der Waals surface area contributed by atoms with E-state index in [1.807, 2.05) is 36.4 Å². The van der Waals surface area contributed by atoms with Crippen LogP contribution in [0.4, 0.5) is 0 Å². The van der Waals surface area contributed by atoms with Crippen LogP contribution in [-0.2, 0) is 35.3 Å². The number of carbonyl (C=O) groups is 3. The molecule has 0 unspecified atom stereocenters. The van der Waals surface area contributed by atoms with Crippen LogP contribution in [0.5, 0.6) is 0 Å². The Morgan fingerprint density at radius 3 is 1.80 bits per heavy atom. The van der Waals surface area contributed by atoms with Crippen LogP contribution in [0.15, 0.2) is 42.5 Å². The molecule has 3 aromatic heterocycles. The number of rotatable bonds is 9. The standard InChI is InChI=1S/C32H39N7O6/c1-15(40)27(33)31(44)39-29(17(3)42)32(45)38-28(16(2)41)30(43)26-24-10-8-22(36-24)13-20-6-4-18(34-20)12-19-5-7-21(35-19)14-23-9-11-25(26)37-23/h4,6,9,11-17,27-29,34,37,40-42H,5,7-8,10,33H2,1-3H3,(H,38,45)(H,39,44)/t15-,16-,17-,27+,28+,29+/m1/s1. The summed E-state index contributed by atoms with van der Waals surface area (Å²) in [6, 6.07) is 9.06. The van der Waals surface area contributed by atoms with Gasteiger partial charge in [0.1, 0.15) is 18.1 Å². The molecule has 5 rings (SSSR count). The van der Waals surface area contributed by atoms with Crippen molar-refractivity contribution in [1.29, 1.82) is 0 Å². The average Bonchev–Trinajstić information content (AvgIpc) is 3.80. The SMILES string of the molecule is C[C@@H](O)[C@H](N)C(=O)N[C@H](C(=O)N[C@H](C(=O)c1c2nc(cc3ccc(cc4nc(cc5ccc1[nH]5)CC4)[nH]3)CC2)[C@@H](C)O)[C@@H](C)O. The average molecular weight is 618 g/mol. The molecule has 2 aliphatic rings. The Morgan fingerprint density at radius 1 is 0.711 bits per heavy atom. The van der Waals surface area contributed by atoms with Crippen molar-refractivity contribution in [3.8, 4) is 0 Å². The van der Waals surface area contributed by atoms with E-state index >= 15 is 0 Å². The van der Waals surface area contributed by atoms with Crippen LogP contribution in [0.25, 0.3) is 22.1 Å². The maximum atomic E-state index is 14.3. The van der Waals surface area contributed by atoms with Gasteiger partial charge in [0.15, 0.2) is 5.78 Å². The van der Waals surface area contributed by atoms with Crippen molar-refractivity contribution in [2.45, 2.75) is 82.9 Å². The molecule has 0 aliphatic carbocycles. The minimum absolute atomic E-state index is 0.200. The van der Waals surface area contributed by atoms with Gasteiger partial charge in [0.25, 0.3) is 0 Å². The van der Waals surface area contributed by atoms with E-state index in [1.165, 1.54) is 20.8 Å². The van der Waals surface area contributed by atoms with Gasteiger partial charge in [0.2, 0.25) is 11.8 Å². The molecule has 0 aromatic carbocycles. The third-order valence-electron chi connectivity index (χ3n) is 7.98. The number of aryl methyl sites for hydroxylation is 4. The number of H-pyrrole nitrogens is 2. The van der Waals surface area contributed by atoms with Crippen LogP contribution >= 0.6 is 0 Å². The smallest absolute Gasteiger partial charge is 0.245 e. The van der Waals surface area contributed by atoms with E-state index < -0.39 is 54.0 Å². The van der Waals surface area contributed by atoms with E-state index in [1.54, 1.807) is 6.07 Å². The summed E-state index contributed by atoms with van der Waals surface area (Å²) >= 11 is 0. The number of aromatic nitrogens is 4. The predicted molar refractivity (Wildman–Crippen MR) is 167 cm³/mol. The highest BCUT2D eigenvalue weighted by Crippen LogP contribution is 2.23. The molecule has 0 saturated carbocycles. The van der Waals surface area contributed by atoms with Gasteiger partial charge in [-0.25, -0.2) is 0 Å². The molecule has 0 saturated heterocycles. The number of nitrogens with zero attached hydrogens (tertiary/aromatic N) is 2. The molecular formula is C32H39N7O6. The van der Waals surface area contributed by atoms with Crippen LogP contribution in [0, 0.1) is 0 Å². The maximum Gasteiger partial charge on any atom is 0.245 e. The van der Waals surface area contributed by atoms with Crippen molar-refractivity contribution < 1.29 is 29.7 Å². The molecule has 8 bridgehead atoms. The second kappa shape index (κ2) is 13.3. The van der Waals surface area contributed by atoms with Gasteiger partial charge in [0.05, 0.1) is 35.1 Å². The normalized spacial score (nSPS) is 17.0. The minimum atomic E-state index is -1.51. The van der Waals surface area contributed by atoms with E-state index in [2.05, 4.69) is 20.6 Å². The number of nitrogens with two attached hydrogens (primary N) is 1. The number of Topliss-reactive ketones (excluding diaryl/α,β-unsaturated/α-hetero) is 1. The van der Waals surface area contributed by atoms with E-state index in [4.69, 9.17) is 15.7 Å². The van der Waals surface area contributed by atoms with Gasteiger partial charge in [-0.3, -0.25) is 24.4 Å². The van der Waals surface area contributed by atoms with Gasteiger partial charge < -0.3 is 41.7 Å². The molecule has 0 fully saturated rings. The Morgan fingerprint density at radius 2 is 1.22 bits per heavy atom. The van der Waals surface area contributed by atoms with Gasteiger partial charge in [-0.1, -0.05) is 0 Å². The molecule has 45 heavy (non-hydrogen) atoms. The van der Waals surface area contributed by atoms with Crippen LogP contribution < -0.4 is 16.4 Å². The second-order valence-corrected chi connectivity index (χ2v) is 11.7. The number of hydrogen-bond donors (Lipinski definition) is 8. The van der Waals surface area contributed by atoms with Crippen molar-refractivity contribution in [1.82, 2.24) is 30.6 Å². The molecule has 0 spiro atoms. The molecule has 2 aliphatic heterocycles. The van der Waals surface area contributed by atoms with E-state index in [0.29, 0.717) is 24.1 Å². The first-order chi connectivity index (χ1) is 21.4. The molecule has 13 nitrogen and oxygen atoms in total. The Kier molecular flexibility index (Phi) is 9.44. The number of carbonyl (C=O) groups excluding carboxylic acids is 3. The Hall–Kier alpha value is -4.43. The van der Waals surface area contributed by atoms with Gasteiger partial charge in [-0.2, -0.15) is 0 Å². The third-order valence-corrected chi connectivity index (χ3v) is 7.98. The van der Waals surface area contributed by atoms with Crippen LogP contribution in [0.3, 0.4) is 0 Å². The lowest BCUT2D eigenvalue weighted by molar-refractivity contribution is -0.133. The van der Waals surface area contributed by atoms with E-state index in [0.717, 1.165) is 46.5 Å². The highest BCUT2D eigenvalue weighted by atomic mass is 16.3. The molecule has 3 aromatic rings. The van der Waals surface area contributed by atoms with E-state index in [9.17, 15) is 29.7 Å². The summed E-state index contributed by atoms with van der Waals surface area (Å²) in [5, 5.41) is 35.5. The Bertz CT molecular complexity index is 1760. The highest BCUT2D eigenvalue weighted by molar-refractivity contribution is 6.08. The number of aliphatic hydroxyl groups excluding tert-OH is 3. The fraction of sp³-hybridized carbons (Fsp3) is 0.406. The zero-order valence-corrected chi connectivity index (χ0v) is 25.4. The zero-order chi connectivity index (χ0) is 32.4. The molecule has 5 heterocycles. The van der Waals surface area contributed by atoms with Gasteiger partial charge in [-0.15, -0.1) is 0 Å². The molecule has 0 radical (unpaired) electrons. The summed E-state index contributed by atoms with van der Waals surface area (Å²) in [6.07, 6.45) is -1.37. The zero-order valence-electron chi connectivity index (χ0n) is 25.4. The Balaban J connectivity index is 1.58. The number of aliphatic hydroxyl groups is 3. The first kappa shape index (κ1) is 32.0. The summed E-state index contributed by atoms with van der Waals surface area (Å²) < 4.78 is 0. The van der Waals surface area contributed by atoms with Crippen LogP contribution in [-0.4, -0.2) is 89.3 Å². The number of fused-ring (bicyclic) bond motifs is 8. The fourth-order valence-corrected chi connectivity index (χ4v) is 5.46. The number of ketones is 1. The molecule has 13 heteroatoms. The second-order valence-electron chi connectivity index (χ2n) is 11.7. The van der Waals surface area contributed by atoms with E-state index in [-0.39, 0.29) is 5.56 Å². The van der Waals surface area contributed by atoms with Gasteiger partial charge >= 0.3 is 0 Å². The van der Waals surface area contributed by atoms with Crippen LogP contribution in [0.1, 0.15) is 53.9 Å². The van der Waals surface area contributed by atoms with Crippen LogP contribution in [0.2, 0.25) is 0 Å². The largest absolute Gasteiger partial charge is 0.391 e. The summed E-state index contributed by atoms with van der Waals surface area (Å²) in [5.74, 6) is -2.38.